The van der Waals surface area contributed by atoms with Gasteiger partial charge in [0.05, 0.1) is 18.6 Å². The van der Waals surface area contributed by atoms with E-state index in [0.29, 0.717) is 28.4 Å². The second-order valence-electron chi connectivity index (χ2n) is 8.26. The molecule has 2 aliphatic rings. The number of methoxy groups -OCH3 is 1. The standard InChI is InChI=1S/C28H22O7/c1-3-12-33-17-9-10-19-21(14-17)25(18-6-4-5-7-20(18)28(31)32-2)26(27(29)30)24(19)16-8-11-22-23(13-16)35-15-34-22/h4-11,13-14,24-26H,15H2,1-2H3,(H,29,30). The lowest BCUT2D eigenvalue weighted by molar-refractivity contribution is -0.142. The largest absolute Gasteiger partial charge is 0.481 e. The van der Waals surface area contributed by atoms with Crippen LogP contribution in [0.5, 0.6) is 17.2 Å². The zero-order valence-corrected chi connectivity index (χ0v) is 19.1. The van der Waals surface area contributed by atoms with Crippen molar-refractivity contribution >= 4 is 11.9 Å². The third-order valence-electron chi connectivity index (χ3n) is 6.46. The molecule has 5 rings (SSSR count). The van der Waals surface area contributed by atoms with E-state index in [4.69, 9.17) is 18.9 Å². The Morgan fingerprint density at radius 1 is 0.943 bits per heavy atom. The molecule has 3 unspecified atom stereocenters. The number of aliphatic carboxylic acids is 1. The molecule has 0 saturated carbocycles. The second kappa shape index (κ2) is 9.07. The molecule has 3 aromatic carbocycles. The molecular formula is C28H22O7. The van der Waals surface area contributed by atoms with E-state index in [-0.39, 0.29) is 6.79 Å². The lowest BCUT2D eigenvalue weighted by atomic mass is 9.78. The van der Waals surface area contributed by atoms with Crippen molar-refractivity contribution in [2.45, 2.75) is 18.8 Å². The quantitative estimate of drug-likeness (QED) is 0.432. The number of carboxylic acids is 1. The number of rotatable bonds is 5. The number of carbonyl (C=O) groups is 2. The number of hydrogen-bond acceptors (Lipinski definition) is 6. The van der Waals surface area contributed by atoms with Crippen molar-refractivity contribution < 1.29 is 33.6 Å². The van der Waals surface area contributed by atoms with Gasteiger partial charge in [-0.2, -0.15) is 0 Å². The minimum Gasteiger partial charge on any atom is -0.481 e. The first-order valence-electron chi connectivity index (χ1n) is 11.1. The SMILES string of the molecule is CC#COc1ccc2c(c1)C(c1ccccc1C(=O)OC)C(C(=O)O)C2c1ccc2c(c1)OCO2. The fourth-order valence-electron chi connectivity index (χ4n) is 5.06. The van der Waals surface area contributed by atoms with Gasteiger partial charge in [0, 0.05) is 18.8 Å². The molecular weight excluding hydrogens is 448 g/mol. The Bertz CT molecular complexity index is 1380. The van der Waals surface area contributed by atoms with Gasteiger partial charge in [0.25, 0.3) is 0 Å². The van der Waals surface area contributed by atoms with Crippen molar-refractivity contribution in [3.8, 4) is 29.3 Å². The molecule has 0 saturated heterocycles. The van der Waals surface area contributed by atoms with Crippen molar-refractivity contribution in [3.63, 3.8) is 0 Å². The van der Waals surface area contributed by atoms with Gasteiger partial charge in [-0.15, -0.1) is 0 Å². The smallest absolute Gasteiger partial charge is 0.338 e. The van der Waals surface area contributed by atoms with Gasteiger partial charge in [0.1, 0.15) is 11.9 Å². The van der Waals surface area contributed by atoms with Gasteiger partial charge in [-0.25, -0.2) is 4.79 Å². The first kappa shape index (κ1) is 22.4. The minimum atomic E-state index is -0.982. The number of hydrogen-bond donors (Lipinski definition) is 1. The van der Waals surface area contributed by atoms with Crippen LogP contribution in [-0.4, -0.2) is 30.9 Å². The molecule has 3 atom stereocenters. The van der Waals surface area contributed by atoms with Gasteiger partial charge >= 0.3 is 11.9 Å². The molecule has 0 spiro atoms. The van der Waals surface area contributed by atoms with E-state index in [2.05, 4.69) is 12.0 Å². The maximum atomic E-state index is 12.9. The van der Waals surface area contributed by atoms with E-state index >= 15 is 0 Å². The van der Waals surface area contributed by atoms with E-state index in [1.54, 1.807) is 49.4 Å². The fraction of sp³-hybridized carbons (Fsp3) is 0.214. The number of carbonyl (C=O) groups excluding carboxylic acids is 1. The van der Waals surface area contributed by atoms with Crippen LogP contribution >= 0.6 is 0 Å². The van der Waals surface area contributed by atoms with Crippen molar-refractivity contribution in [3.05, 3.63) is 88.5 Å². The Hall–Kier alpha value is -4.44. The Morgan fingerprint density at radius 3 is 2.51 bits per heavy atom. The van der Waals surface area contributed by atoms with Crippen molar-refractivity contribution in [2.24, 2.45) is 5.92 Å². The normalized spacial score (nSPS) is 19.3. The topological polar surface area (TPSA) is 91.3 Å². The molecule has 1 heterocycles. The first-order valence-corrected chi connectivity index (χ1v) is 11.1. The highest BCUT2D eigenvalue weighted by atomic mass is 16.7. The summed E-state index contributed by atoms with van der Waals surface area (Å²) in [6.07, 6.45) is 2.58. The highest BCUT2D eigenvalue weighted by Gasteiger charge is 2.48. The molecule has 35 heavy (non-hydrogen) atoms. The summed E-state index contributed by atoms with van der Waals surface area (Å²) in [6.45, 7) is 1.79. The van der Waals surface area contributed by atoms with Gasteiger partial charge in [-0.3, -0.25) is 4.79 Å². The number of carboxylic acid groups (broad SMARTS) is 1. The van der Waals surface area contributed by atoms with Crippen LogP contribution in [0.15, 0.2) is 60.7 Å². The van der Waals surface area contributed by atoms with E-state index < -0.39 is 29.7 Å². The van der Waals surface area contributed by atoms with Crippen LogP contribution in [-0.2, 0) is 9.53 Å². The molecule has 1 aliphatic carbocycles. The summed E-state index contributed by atoms with van der Waals surface area (Å²) in [5.74, 6) is 0.837. The molecule has 7 heteroatoms. The highest BCUT2D eigenvalue weighted by molar-refractivity contribution is 5.92. The maximum Gasteiger partial charge on any atom is 0.338 e. The molecule has 1 aliphatic heterocycles. The maximum absolute atomic E-state index is 12.9. The van der Waals surface area contributed by atoms with Crippen LogP contribution in [0.2, 0.25) is 0 Å². The van der Waals surface area contributed by atoms with E-state index in [9.17, 15) is 14.7 Å². The van der Waals surface area contributed by atoms with Crippen molar-refractivity contribution in [1.29, 1.82) is 0 Å². The van der Waals surface area contributed by atoms with E-state index in [1.165, 1.54) is 7.11 Å². The summed E-state index contributed by atoms with van der Waals surface area (Å²) in [7, 11) is 1.31. The average molecular weight is 470 g/mol. The summed E-state index contributed by atoms with van der Waals surface area (Å²) < 4.78 is 21.5. The van der Waals surface area contributed by atoms with Gasteiger partial charge in [-0.05, 0) is 52.6 Å². The van der Waals surface area contributed by atoms with Crippen LogP contribution in [0.4, 0.5) is 0 Å². The Labute approximate surface area is 202 Å². The van der Waals surface area contributed by atoms with Crippen LogP contribution in [0, 0.1) is 17.9 Å². The molecule has 176 valence electrons. The fourth-order valence-corrected chi connectivity index (χ4v) is 5.06. The number of ether oxygens (including phenoxy) is 4. The zero-order chi connectivity index (χ0) is 24.5. The monoisotopic (exact) mass is 470 g/mol. The first-order chi connectivity index (χ1) is 17.0. The molecule has 0 amide bonds. The van der Waals surface area contributed by atoms with Crippen LogP contribution in [0.25, 0.3) is 0 Å². The predicted octanol–water partition coefficient (Wildman–Crippen LogP) is 4.54. The summed E-state index contributed by atoms with van der Waals surface area (Å²) in [4.78, 5) is 25.5. The van der Waals surface area contributed by atoms with Crippen molar-refractivity contribution in [2.75, 3.05) is 13.9 Å². The van der Waals surface area contributed by atoms with Gasteiger partial charge < -0.3 is 24.1 Å². The molecule has 1 N–H and O–H groups in total. The number of benzene rings is 3. The van der Waals surface area contributed by atoms with Crippen LogP contribution < -0.4 is 14.2 Å². The second-order valence-corrected chi connectivity index (χ2v) is 8.26. The van der Waals surface area contributed by atoms with Gasteiger partial charge in [-0.1, -0.05) is 36.3 Å². The highest BCUT2D eigenvalue weighted by Crippen LogP contribution is 2.54. The van der Waals surface area contributed by atoms with Crippen molar-refractivity contribution in [1.82, 2.24) is 0 Å². The lowest BCUT2D eigenvalue weighted by Gasteiger charge is -2.24. The van der Waals surface area contributed by atoms with Crippen LogP contribution in [0.3, 0.4) is 0 Å². The number of esters is 1. The minimum absolute atomic E-state index is 0.122. The average Bonchev–Trinajstić information content (AvgIpc) is 3.48. The molecule has 0 radical (unpaired) electrons. The van der Waals surface area contributed by atoms with Crippen LogP contribution in [0.1, 0.15) is 51.4 Å². The summed E-state index contributed by atoms with van der Waals surface area (Å²) in [5.41, 5.74) is 3.27. The Kier molecular flexibility index (Phi) is 5.79. The zero-order valence-electron chi connectivity index (χ0n) is 19.1. The Balaban J connectivity index is 1.73. The summed E-state index contributed by atoms with van der Waals surface area (Å²) in [6, 6.07) is 17.9. The predicted molar refractivity (Wildman–Crippen MR) is 126 cm³/mol. The molecule has 0 bridgehead atoms. The lowest BCUT2D eigenvalue weighted by Crippen LogP contribution is -2.25. The Morgan fingerprint density at radius 2 is 1.74 bits per heavy atom. The van der Waals surface area contributed by atoms with E-state index in [1.807, 2.05) is 18.2 Å². The molecule has 0 fully saturated rings. The molecule has 7 nitrogen and oxygen atoms in total. The number of fused-ring (bicyclic) bond motifs is 2. The third-order valence-corrected chi connectivity index (χ3v) is 6.46. The molecule has 3 aromatic rings. The van der Waals surface area contributed by atoms with Gasteiger partial charge in [0.15, 0.2) is 11.5 Å². The summed E-state index contributed by atoms with van der Waals surface area (Å²) >= 11 is 0. The molecule has 0 aromatic heterocycles. The van der Waals surface area contributed by atoms with E-state index in [0.717, 1.165) is 16.7 Å². The summed E-state index contributed by atoms with van der Waals surface area (Å²) in [5, 5.41) is 10.5. The van der Waals surface area contributed by atoms with Gasteiger partial charge in [0.2, 0.25) is 6.79 Å². The third kappa shape index (κ3) is 3.83.